The highest BCUT2D eigenvalue weighted by molar-refractivity contribution is 7.92. The number of hydrogen-bond acceptors (Lipinski definition) is 6. The Morgan fingerprint density at radius 1 is 1.22 bits per heavy atom. The second-order valence-corrected chi connectivity index (χ2v) is 8.01. The van der Waals surface area contributed by atoms with Crippen LogP contribution < -0.4 is 16.0 Å². The number of nitrogens with two attached hydrogens (primary N) is 1. The molecule has 0 radical (unpaired) electrons. The van der Waals surface area contributed by atoms with Gasteiger partial charge in [0, 0.05) is 0 Å². The van der Waals surface area contributed by atoms with Crippen LogP contribution in [0.2, 0.25) is 5.02 Å². The van der Waals surface area contributed by atoms with Crippen LogP contribution in [0, 0.1) is 6.92 Å². The lowest BCUT2D eigenvalue weighted by Gasteiger charge is -2.09. The minimum absolute atomic E-state index is 0.188. The molecule has 0 amide bonds. The number of hydrogen-bond donors (Lipinski definition) is 3. The van der Waals surface area contributed by atoms with Gasteiger partial charge in [-0.05, 0) is 31.2 Å². The number of aryl methyl sites for hydroxylation is 1. The first-order valence-electron chi connectivity index (χ1n) is 6.55. The lowest BCUT2D eigenvalue weighted by Crippen LogP contribution is -2.12. The Labute approximate surface area is 142 Å². The normalized spacial score (nSPS) is 11.6. The second kappa shape index (κ2) is 5.97. The van der Waals surface area contributed by atoms with E-state index in [0.29, 0.717) is 21.4 Å². The molecule has 0 fully saturated rings. The van der Waals surface area contributed by atoms with Gasteiger partial charge in [0.25, 0.3) is 10.0 Å². The molecular formula is C14H13ClN4O2S2. The fourth-order valence-corrected chi connectivity index (χ4v) is 4.24. The second-order valence-electron chi connectivity index (χ2n) is 4.89. The van der Waals surface area contributed by atoms with E-state index in [1.165, 1.54) is 17.4 Å². The number of halogens is 1. The highest BCUT2D eigenvalue weighted by Crippen LogP contribution is 2.34. The molecule has 120 valence electrons. The third kappa shape index (κ3) is 3.25. The average Bonchev–Trinajstić information content (AvgIpc) is 2.91. The molecule has 3 rings (SSSR count). The number of nitrogens with zero attached hydrogens (tertiary/aromatic N) is 1. The molecule has 0 bridgehead atoms. The van der Waals surface area contributed by atoms with Crippen molar-refractivity contribution in [1.82, 2.24) is 4.98 Å². The Morgan fingerprint density at radius 3 is 2.57 bits per heavy atom. The number of hydrazine groups is 1. The van der Waals surface area contributed by atoms with Crippen molar-refractivity contribution in [1.29, 1.82) is 0 Å². The fourth-order valence-electron chi connectivity index (χ4n) is 2.04. The predicted molar refractivity (Wildman–Crippen MR) is 94.4 cm³/mol. The van der Waals surface area contributed by atoms with E-state index in [-0.39, 0.29) is 4.90 Å². The van der Waals surface area contributed by atoms with Crippen LogP contribution in [-0.2, 0) is 10.0 Å². The van der Waals surface area contributed by atoms with Gasteiger partial charge in [0.2, 0.25) is 0 Å². The molecule has 1 heterocycles. The Hall–Kier alpha value is -1.87. The maximum atomic E-state index is 12.4. The molecule has 0 saturated heterocycles. The van der Waals surface area contributed by atoms with Crippen molar-refractivity contribution < 1.29 is 8.42 Å². The van der Waals surface area contributed by atoms with E-state index in [0.717, 1.165) is 10.3 Å². The molecule has 6 nitrogen and oxygen atoms in total. The van der Waals surface area contributed by atoms with Gasteiger partial charge < -0.3 is 0 Å². The van der Waals surface area contributed by atoms with Gasteiger partial charge in [-0.3, -0.25) is 10.1 Å². The van der Waals surface area contributed by atoms with E-state index in [1.807, 2.05) is 6.92 Å². The summed E-state index contributed by atoms with van der Waals surface area (Å²) in [6.45, 7) is 1.89. The minimum atomic E-state index is -3.68. The third-order valence-corrected chi connectivity index (χ3v) is 5.77. The summed E-state index contributed by atoms with van der Waals surface area (Å²) >= 11 is 7.45. The number of anilines is 2. The van der Waals surface area contributed by atoms with Crippen LogP contribution >= 0.6 is 22.9 Å². The molecule has 0 aliphatic heterocycles. The molecule has 4 N–H and O–H groups in total. The van der Waals surface area contributed by atoms with Crippen molar-refractivity contribution in [2.24, 2.45) is 5.84 Å². The Morgan fingerprint density at radius 2 is 1.91 bits per heavy atom. The summed E-state index contributed by atoms with van der Waals surface area (Å²) in [5, 5.41) is 0.849. The summed E-state index contributed by atoms with van der Waals surface area (Å²) in [5.41, 5.74) is 4.38. The zero-order chi connectivity index (χ0) is 16.6. The predicted octanol–water partition coefficient (Wildman–Crippen LogP) is 3.34. The molecule has 1 aromatic heterocycles. The maximum Gasteiger partial charge on any atom is 0.261 e. The number of thiazole rings is 1. The molecule has 0 atom stereocenters. The molecule has 3 aromatic rings. The Kier molecular flexibility index (Phi) is 4.15. The van der Waals surface area contributed by atoms with Gasteiger partial charge in [-0.15, -0.1) is 0 Å². The van der Waals surface area contributed by atoms with Crippen molar-refractivity contribution in [2.75, 3.05) is 10.1 Å². The molecule has 0 aliphatic carbocycles. The van der Waals surface area contributed by atoms with Crippen LogP contribution in [-0.4, -0.2) is 13.4 Å². The first kappa shape index (κ1) is 16.0. The van der Waals surface area contributed by atoms with E-state index in [4.69, 9.17) is 17.4 Å². The van der Waals surface area contributed by atoms with Crippen molar-refractivity contribution >= 4 is 54.0 Å². The lowest BCUT2D eigenvalue weighted by atomic mass is 10.2. The number of aromatic nitrogens is 1. The van der Waals surface area contributed by atoms with Crippen molar-refractivity contribution in [3.63, 3.8) is 0 Å². The highest BCUT2D eigenvalue weighted by Gasteiger charge is 2.16. The smallest absolute Gasteiger partial charge is 0.261 e. The summed E-state index contributed by atoms with van der Waals surface area (Å²) in [4.78, 5) is 4.40. The summed E-state index contributed by atoms with van der Waals surface area (Å²) < 4.78 is 28.1. The van der Waals surface area contributed by atoms with E-state index in [2.05, 4.69) is 15.1 Å². The summed E-state index contributed by atoms with van der Waals surface area (Å²) in [6, 6.07) is 9.79. The van der Waals surface area contributed by atoms with Crippen LogP contribution in [0.5, 0.6) is 0 Å². The Bertz CT molecular complexity index is 968. The summed E-state index contributed by atoms with van der Waals surface area (Å²) in [7, 11) is -3.68. The van der Waals surface area contributed by atoms with Gasteiger partial charge in [-0.1, -0.05) is 40.6 Å². The third-order valence-electron chi connectivity index (χ3n) is 3.16. The minimum Gasteiger partial charge on any atom is -0.300 e. The molecule has 23 heavy (non-hydrogen) atoms. The molecule has 0 spiro atoms. The summed E-state index contributed by atoms with van der Waals surface area (Å²) in [6.07, 6.45) is 0. The molecule has 2 aromatic carbocycles. The number of sulfonamides is 1. The number of nitrogens with one attached hydrogen (secondary N) is 2. The van der Waals surface area contributed by atoms with Crippen molar-refractivity contribution in [3.05, 3.63) is 47.0 Å². The monoisotopic (exact) mass is 368 g/mol. The molecule has 0 unspecified atom stereocenters. The number of benzene rings is 2. The highest BCUT2D eigenvalue weighted by atomic mass is 35.5. The average molecular weight is 369 g/mol. The lowest BCUT2D eigenvalue weighted by molar-refractivity contribution is 0.601. The van der Waals surface area contributed by atoms with Crippen LogP contribution in [0.25, 0.3) is 10.2 Å². The van der Waals surface area contributed by atoms with Crippen molar-refractivity contribution in [3.8, 4) is 0 Å². The van der Waals surface area contributed by atoms with E-state index in [1.54, 1.807) is 30.3 Å². The van der Waals surface area contributed by atoms with Crippen LogP contribution in [0.15, 0.2) is 41.3 Å². The topological polar surface area (TPSA) is 97.1 Å². The van der Waals surface area contributed by atoms with Crippen molar-refractivity contribution in [2.45, 2.75) is 11.8 Å². The van der Waals surface area contributed by atoms with E-state index < -0.39 is 10.0 Å². The van der Waals surface area contributed by atoms with Gasteiger partial charge in [0.15, 0.2) is 5.13 Å². The number of nitrogen functional groups attached to an aromatic ring is 1. The van der Waals surface area contributed by atoms with Gasteiger partial charge in [-0.2, -0.15) is 0 Å². The largest absolute Gasteiger partial charge is 0.300 e. The maximum absolute atomic E-state index is 12.4. The SMILES string of the molecule is Cc1ccc(S(=O)(=O)Nc2cc(Cl)c3nc(NN)sc3c2)cc1. The van der Waals surface area contributed by atoms with Gasteiger partial charge >= 0.3 is 0 Å². The first-order chi connectivity index (χ1) is 10.9. The van der Waals surface area contributed by atoms with Crippen LogP contribution in [0.4, 0.5) is 10.8 Å². The number of fused-ring (bicyclic) bond motifs is 1. The number of rotatable bonds is 4. The molecular weight excluding hydrogens is 356 g/mol. The zero-order valence-corrected chi connectivity index (χ0v) is 14.4. The summed E-state index contributed by atoms with van der Waals surface area (Å²) in [5.74, 6) is 5.34. The van der Waals surface area contributed by atoms with Crippen LogP contribution in [0.1, 0.15) is 5.56 Å². The standard InChI is InChI=1S/C14H13ClN4O2S2/c1-8-2-4-10(5-3-8)23(20,21)19-9-6-11(15)13-12(7-9)22-14(17-13)18-16/h2-7,19H,16H2,1H3,(H,17,18). The molecule has 0 saturated carbocycles. The zero-order valence-electron chi connectivity index (χ0n) is 12.0. The Balaban J connectivity index is 1.98. The quantitative estimate of drug-likeness (QED) is 0.484. The van der Waals surface area contributed by atoms with E-state index >= 15 is 0 Å². The molecule has 9 heteroatoms. The van der Waals surface area contributed by atoms with Gasteiger partial charge in [-0.25, -0.2) is 19.2 Å². The van der Waals surface area contributed by atoms with Gasteiger partial charge in [0.1, 0.15) is 5.52 Å². The van der Waals surface area contributed by atoms with E-state index in [9.17, 15) is 8.42 Å². The first-order valence-corrected chi connectivity index (χ1v) is 9.23. The molecule has 0 aliphatic rings. The van der Waals surface area contributed by atoms with Crippen LogP contribution in [0.3, 0.4) is 0 Å². The fraction of sp³-hybridized carbons (Fsp3) is 0.0714. The van der Waals surface area contributed by atoms with Gasteiger partial charge in [0.05, 0.1) is 20.3 Å².